The lowest BCUT2D eigenvalue weighted by atomic mass is 10.1. The fourth-order valence-corrected chi connectivity index (χ4v) is 1.43. The molecule has 1 aromatic carbocycles. The minimum Gasteiger partial charge on any atom is -0.325 e. The Kier molecular flexibility index (Phi) is 4.84. The summed E-state index contributed by atoms with van der Waals surface area (Å²) >= 11 is 0. The molecule has 0 aliphatic rings. The fourth-order valence-electron chi connectivity index (χ4n) is 1.43. The highest BCUT2D eigenvalue weighted by Crippen LogP contribution is 2.17. The molecule has 0 fully saturated rings. The lowest BCUT2D eigenvalue weighted by Crippen LogP contribution is -2.22. The number of rotatable bonds is 5. The van der Waals surface area contributed by atoms with E-state index in [1.807, 2.05) is 24.3 Å². The quantitative estimate of drug-likeness (QED) is 0.773. The minimum absolute atomic E-state index is 0.0299. The van der Waals surface area contributed by atoms with Crippen LogP contribution in [0.25, 0.3) is 0 Å². The average molecular weight is 206 g/mol. The Morgan fingerprint density at radius 2 is 2.13 bits per heavy atom. The first kappa shape index (κ1) is 11.7. The third-order valence-electron chi connectivity index (χ3n) is 2.28. The van der Waals surface area contributed by atoms with Crippen LogP contribution in [0, 0.1) is 0 Å². The first-order valence-corrected chi connectivity index (χ1v) is 5.35. The van der Waals surface area contributed by atoms with Crippen LogP contribution in [0.4, 0.5) is 5.69 Å². The van der Waals surface area contributed by atoms with Crippen molar-refractivity contribution in [3.05, 3.63) is 29.8 Å². The topological polar surface area (TPSA) is 55.1 Å². The van der Waals surface area contributed by atoms with Crippen molar-refractivity contribution in [2.75, 3.05) is 11.9 Å². The molecule has 1 amide bonds. The summed E-state index contributed by atoms with van der Waals surface area (Å²) in [5.41, 5.74) is 7.33. The van der Waals surface area contributed by atoms with Gasteiger partial charge in [-0.2, -0.15) is 0 Å². The molecule has 82 valence electrons. The molecule has 0 aromatic heterocycles. The highest BCUT2D eigenvalue weighted by atomic mass is 16.1. The van der Waals surface area contributed by atoms with Crippen molar-refractivity contribution in [1.29, 1.82) is 0 Å². The van der Waals surface area contributed by atoms with Crippen LogP contribution in [0.5, 0.6) is 0 Å². The second-order valence-corrected chi connectivity index (χ2v) is 3.51. The van der Waals surface area contributed by atoms with E-state index in [9.17, 15) is 4.79 Å². The van der Waals surface area contributed by atoms with Gasteiger partial charge in [0.2, 0.25) is 5.91 Å². The second-order valence-electron chi connectivity index (χ2n) is 3.51. The van der Waals surface area contributed by atoms with Gasteiger partial charge in [-0.1, -0.05) is 31.5 Å². The standard InChI is InChI=1S/C12H18N2O/c1-2-3-6-10-7-4-5-8-11(10)14-12(15)9-13/h4-5,7-8H,2-3,6,9,13H2,1H3,(H,14,15). The average Bonchev–Trinajstić information content (AvgIpc) is 2.28. The third-order valence-corrected chi connectivity index (χ3v) is 2.28. The van der Waals surface area contributed by atoms with Gasteiger partial charge in [0.05, 0.1) is 6.54 Å². The van der Waals surface area contributed by atoms with Crippen LogP contribution in [0.15, 0.2) is 24.3 Å². The van der Waals surface area contributed by atoms with E-state index in [4.69, 9.17) is 5.73 Å². The van der Waals surface area contributed by atoms with Gasteiger partial charge in [0.15, 0.2) is 0 Å². The zero-order valence-electron chi connectivity index (χ0n) is 9.12. The van der Waals surface area contributed by atoms with Crippen LogP contribution in [0.2, 0.25) is 0 Å². The highest BCUT2D eigenvalue weighted by molar-refractivity contribution is 5.92. The molecule has 1 rings (SSSR count). The molecule has 0 radical (unpaired) electrons. The monoisotopic (exact) mass is 206 g/mol. The molecule has 3 N–H and O–H groups in total. The van der Waals surface area contributed by atoms with Crippen LogP contribution in [0.1, 0.15) is 25.3 Å². The Morgan fingerprint density at radius 1 is 1.40 bits per heavy atom. The summed E-state index contributed by atoms with van der Waals surface area (Å²) in [7, 11) is 0. The van der Waals surface area contributed by atoms with E-state index in [1.54, 1.807) is 0 Å². The van der Waals surface area contributed by atoms with Crippen LogP contribution < -0.4 is 11.1 Å². The number of carbonyl (C=O) groups excluding carboxylic acids is 1. The number of nitrogens with one attached hydrogen (secondary N) is 1. The number of hydrogen-bond donors (Lipinski definition) is 2. The van der Waals surface area contributed by atoms with Crippen LogP contribution in [-0.2, 0) is 11.2 Å². The van der Waals surface area contributed by atoms with E-state index in [0.29, 0.717) is 0 Å². The summed E-state index contributed by atoms with van der Waals surface area (Å²) in [6.45, 7) is 2.18. The predicted molar refractivity (Wildman–Crippen MR) is 62.7 cm³/mol. The summed E-state index contributed by atoms with van der Waals surface area (Å²) in [6.07, 6.45) is 3.28. The number of hydrogen-bond acceptors (Lipinski definition) is 2. The summed E-state index contributed by atoms with van der Waals surface area (Å²) in [6, 6.07) is 7.87. The van der Waals surface area contributed by atoms with Gasteiger partial charge in [0.25, 0.3) is 0 Å². The first-order valence-electron chi connectivity index (χ1n) is 5.35. The molecule has 0 bridgehead atoms. The van der Waals surface area contributed by atoms with Crippen LogP contribution in [0.3, 0.4) is 0 Å². The van der Waals surface area contributed by atoms with Crippen molar-refractivity contribution < 1.29 is 4.79 Å². The maximum absolute atomic E-state index is 11.2. The highest BCUT2D eigenvalue weighted by Gasteiger charge is 2.03. The van der Waals surface area contributed by atoms with Crippen molar-refractivity contribution >= 4 is 11.6 Å². The summed E-state index contributed by atoms with van der Waals surface area (Å²) in [5, 5.41) is 2.81. The van der Waals surface area contributed by atoms with Crippen molar-refractivity contribution in [3.8, 4) is 0 Å². The number of nitrogens with two attached hydrogens (primary N) is 1. The van der Waals surface area contributed by atoms with E-state index in [-0.39, 0.29) is 12.5 Å². The van der Waals surface area contributed by atoms with Gasteiger partial charge in [-0.15, -0.1) is 0 Å². The number of unbranched alkanes of at least 4 members (excludes halogenated alkanes) is 1. The molecule has 0 aliphatic heterocycles. The van der Waals surface area contributed by atoms with E-state index < -0.39 is 0 Å². The molecular weight excluding hydrogens is 188 g/mol. The van der Waals surface area contributed by atoms with Gasteiger partial charge in [0.1, 0.15) is 0 Å². The van der Waals surface area contributed by atoms with E-state index in [2.05, 4.69) is 12.2 Å². The van der Waals surface area contributed by atoms with Gasteiger partial charge in [-0.25, -0.2) is 0 Å². The lowest BCUT2D eigenvalue weighted by molar-refractivity contribution is -0.114. The number of amides is 1. The molecule has 3 heteroatoms. The largest absolute Gasteiger partial charge is 0.325 e. The molecule has 0 aliphatic carbocycles. The molecule has 15 heavy (non-hydrogen) atoms. The van der Waals surface area contributed by atoms with Gasteiger partial charge in [-0.3, -0.25) is 4.79 Å². The Labute approximate surface area is 90.7 Å². The molecule has 0 spiro atoms. The van der Waals surface area contributed by atoms with Crippen LogP contribution >= 0.6 is 0 Å². The van der Waals surface area contributed by atoms with Gasteiger partial charge >= 0.3 is 0 Å². The van der Waals surface area contributed by atoms with Gasteiger partial charge < -0.3 is 11.1 Å². The van der Waals surface area contributed by atoms with Gasteiger partial charge in [-0.05, 0) is 24.5 Å². The van der Waals surface area contributed by atoms with Crippen molar-refractivity contribution in [3.63, 3.8) is 0 Å². The molecule has 0 atom stereocenters. The Balaban J connectivity index is 2.72. The Hall–Kier alpha value is -1.35. The molecule has 0 unspecified atom stereocenters. The van der Waals surface area contributed by atoms with Crippen molar-refractivity contribution in [2.45, 2.75) is 26.2 Å². The van der Waals surface area contributed by atoms with Gasteiger partial charge in [0, 0.05) is 5.69 Å². The SMILES string of the molecule is CCCCc1ccccc1NC(=O)CN. The number of anilines is 1. The number of carbonyl (C=O) groups is 1. The third kappa shape index (κ3) is 3.72. The van der Waals surface area contributed by atoms with Crippen LogP contribution in [-0.4, -0.2) is 12.5 Å². The fraction of sp³-hybridized carbons (Fsp3) is 0.417. The second kappa shape index (κ2) is 6.19. The lowest BCUT2D eigenvalue weighted by Gasteiger charge is -2.09. The minimum atomic E-state index is -0.140. The molecule has 3 nitrogen and oxygen atoms in total. The maximum atomic E-state index is 11.2. The molecule has 0 saturated carbocycles. The summed E-state index contributed by atoms with van der Waals surface area (Å²) in [5.74, 6) is -0.140. The smallest absolute Gasteiger partial charge is 0.238 e. The Morgan fingerprint density at radius 3 is 2.80 bits per heavy atom. The Bertz CT molecular complexity index is 323. The maximum Gasteiger partial charge on any atom is 0.238 e. The number of para-hydroxylation sites is 1. The molecular formula is C12H18N2O. The van der Waals surface area contributed by atoms with E-state index in [1.165, 1.54) is 5.56 Å². The van der Waals surface area contributed by atoms with Crippen molar-refractivity contribution in [1.82, 2.24) is 0 Å². The zero-order chi connectivity index (χ0) is 11.1. The number of aryl methyl sites for hydroxylation is 1. The molecule has 1 aromatic rings. The summed E-state index contributed by atoms with van der Waals surface area (Å²) in [4.78, 5) is 11.2. The molecule has 0 saturated heterocycles. The van der Waals surface area contributed by atoms with E-state index >= 15 is 0 Å². The van der Waals surface area contributed by atoms with Crippen molar-refractivity contribution in [2.24, 2.45) is 5.73 Å². The number of benzene rings is 1. The zero-order valence-corrected chi connectivity index (χ0v) is 9.12. The first-order chi connectivity index (χ1) is 7.27. The molecule has 0 heterocycles. The van der Waals surface area contributed by atoms with E-state index in [0.717, 1.165) is 24.9 Å². The normalized spacial score (nSPS) is 10.0. The predicted octanol–water partition coefficient (Wildman–Crippen LogP) is 1.93. The summed E-state index contributed by atoms with van der Waals surface area (Å²) < 4.78 is 0.